The van der Waals surface area contributed by atoms with Crippen molar-refractivity contribution < 1.29 is 19.2 Å². The number of thiophene rings is 1. The van der Waals surface area contributed by atoms with Gasteiger partial charge >= 0.3 is 0 Å². The molecule has 0 radical (unpaired) electrons. The number of amides is 4. The Morgan fingerprint density at radius 1 is 0.943 bits per heavy atom. The molecule has 0 aromatic carbocycles. The quantitative estimate of drug-likeness (QED) is 0.586. The summed E-state index contributed by atoms with van der Waals surface area (Å²) in [5.74, 6) is 0.285. The van der Waals surface area contributed by atoms with E-state index >= 15 is 0 Å². The number of fused-ring (bicyclic) bond motifs is 1. The van der Waals surface area contributed by atoms with E-state index in [1.807, 2.05) is 4.90 Å². The van der Waals surface area contributed by atoms with E-state index in [4.69, 9.17) is 0 Å². The number of aryl methyl sites for hydroxylation is 2. The molecule has 0 aliphatic carbocycles. The van der Waals surface area contributed by atoms with Gasteiger partial charge in [0.15, 0.2) is 0 Å². The van der Waals surface area contributed by atoms with Crippen molar-refractivity contribution in [3.8, 4) is 0 Å². The van der Waals surface area contributed by atoms with E-state index < -0.39 is 0 Å². The van der Waals surface area contributed by atoms with Crippen molar-refractivity contribution in [1.29, 1.82) is 0 Å². The van der Waals surface area contributed by atoms with E-state index in [0.717, 1.165) is 46.9 Å². The van der Waals surface area contributed by atoms with Gasteiger partial charge in [0.2, 0.25) is 23.6 Å². The van der Waals surface area contributed by atoms with E-state index in [0.29, 0.717) is 26.2 Å². The average molecular weight is 499 g/mol. The van der Waals surface area contributed by atoms with Crippen LogP contribution < -0.4 is 4.90 Å². The van der Waals surface area contributed by atoms with E-state index in [1.165, 1.54) is 10.4 Å². The van der Waals surface area contributed by atoms with Gasteiger partial charge < -0.3 is 14.7 Å². The summed E-state index contributed by atoms with van der Waals surface area (Å²) in [6.07, 6.45) is 3.53. The van der Waals surface area contributed by atoms with Gasteiger partial charge in [0.25, 0.3) is 0 Å². The Labute approximate surface area is 207 Å². The molecule has 35 heavy (non-hydrogen) atoms. The maximum Gasteiger partial charge on any atom is 0.242 e. The molecule has 0 unspecified atom stereocenters. The number of rotatable bonds is 4. The fourth-order valence-corrected chi connectivity index (χ4v) is 6.20. The number of likely N-dealkylation sites (tertiary alicyclic amines) is 1. The van der Waals surface area contributed by atoms with Crippen molar-refractivity contribution in [2.75, 3.05) is 50.7 Å². The molecule has 5 heterocycles. The van der Waals surface area contributed by atoms with Crippen LogP contribution in [0.15, 0.2) is 6.33 Å². The van der Waals surface area contributed by atoms with Crippen molar-refractivity contribution in [2.45, 2.75) is 39.5 Å². The number of carbonyl (C=O) groups excluding carboxylic acids is 4. The van der Waals surface area contributed by atoms with Crippen LogP contribution in [0.4, 0.5) is 5.82 Å². The zero-order chi connectivity index (χ0) is 24.7. The second kappa shape index (κ2) is 9.52. The summed E-state index contributed by atoms with van der Waals surface area (Å²) in [5, 5.41) is 1.12. The van der Waals surface area contributed by atoms with Crippen LogP contribution in [0.1, 0.15) is 36.1 Å². The molecule has 0 saturated carbocycles. The maximum atomic E-state index is 13.2. The molecule has 3 fully saturated rings. The van der Waals surface area contributed by atoms with Crippen LogP contribution in [0.3, 0.4) is 0 Å². The highest BCUT2D eigenvalue weighted by Gasteiger charge is 2.35. The summed E-state index contributed by atoms with van der Waals surface area (Å²) in [5.41, 5.74) is 1.23. The van der Waals surface area contributed by atoms with Gasteiger partial charge in [-0.3, -0.25) is 24.1 Å². The summed E-state index contributed by atoms with van der Waals surface area (Å²) in [6, 6.07) is 0. The normalized spacial score (nSPS) is 19.8. The minimum Gasteiger partial charge on any atom is -0.356 e. The first kappa shape index (κ1) is 23.7. The van der Waals surface area contributed by atoms with Gasteiger partial charge in [0.1, 0.15) is 23.5 Å². The Morgan fingerprint density at radius 2 is 1.57 bits per heavy atom. The van der Waals surface area contributed by atoms with Gasteiger partial charge in [-0.1, -0.05) is 0 Å². The fraction of sp³-hybridized carbons (Fsp3) is 0.583. The first-order chi connectivity index (χ1) is 16.8. The van der Waals surface area contributed by atoms with Crippen LogP contribution in [-0.4, -0.2) is 94.1 Å². The molecule has 4 amide bonds. The monoisotopic (exact) mass is 498 g/mol. The number of aromatic nitrogens is 2. The Hall–Kier alpha value is -3.08. The largest absolute Gasteiger partial charge is 0.356 e. The Balaban J connectivity index is 1.14. The van der Waals surface area contributed by atoms with Crippen LogP contribution >= 0.6 is 11.3 Å². The average Bonchev–Trinajstić information content (AvgIpc) is 3.35. The molecule has 2 aromatic rings. The summed E-state index contributed by atoms with van der Waals surface area (Å²) >= 11 is 1.69. The molecular weight excluding hydrogens is 468 g/mol. The zero-order valence-electron chi connectivity index (χ0n) is 20.2. The first-order valence-corrected chi connectivity index (χ1v) is 13.0. The summed E-state index contributed by atoms with van der Waals surface area (Å²) in [4.78, 5) is 67.4. The molecule has 3 aliphatic rings. The van der Waals surface area contributed by atoms with Crippen LogP contribution in [0.2, 0.25) is 0 Å². The van der Waals surface area contributed by atoms with Gasteiger partial charge in [-0.2, -0.15) is 0 Å². The molecule has 186 valence electrons. The number of nitrogens with zero attached hydrogens (tertiary/aromatic N) is 6. The highest BCUT2D eigenvalue weighted by atomic mass is 32.1. The predicted octanol–water partition coefficient (Wildman–Crippen LogP) is 1.34. The molecule has 0 N–H and O–H groups in total. The molecule has 3 aliphatic heterocycles. The number of hydrogen-bond acceptors (Lipinski definition) is 8. The lowest BCUT2D eigenvalue weighted by Crippen LogP contribution is -2.54. The number of piperazine rings is 1. The lowest BCUT2D eigenvalue weighted by atomic mass is 9.94. The van der Waals surface area contributed by atoms with Crippen molar-refractivity contribution in [3.63, 3.8) is 0 Å². The minimum absolute atomic E-state index is 0.0315. The SMILES string of the molecule is Cc1sc2ncnc(N3CCC(C(=O)N4CCN(C(=O)CN5C(=O)CCC5=O)CC4)CC3)c2c1C. The lowest BCUT2D eigenvalue weighted by Gasteiger charge is -2.39. The van der Waals surface area contributed by atoms with Crippen LogP contribution in [0.5, 0.6) is 0 Å². The Morgan fingerprint density at radius 3 is 2.23 bits per heavy atom. The minimum atomic E-state index is -0.282. The molecule has 10 nitrogen and oxygen atoms in total. The van der Waals surface area contributed by atoms with Crippen LogP contribution in [0.25, 0.3) is 10.2 Å². The number of piperidine rings is 1. The topological polar surface area (TPSA) is 107 Å². The van der Waals surface area contributed by atoms with Crippen molar-refractivity contribution in [3.05, 3.63) is 16.8 Å². The second-order valence-electron chi connectivity index (χ2n) is 9.50. The smallest absolute Gasteiger partial charge is 0.242 e. The Bertz CT molecular complexity index is 1160. The zero-order valence-corrected chi connectivity index (χ0v) is 21.0. The first-order valence-electron chi connectivity index (χ1n) is 12.2. The lowest BCUT2D eigenvalue weighted by molar-refractivity contribution is -0.147. The van der Waals surface area contributed by atoms with Crippen LogP contribution in [0, 0.1) is 19.8 Å². The van der Waals surface area contributed by atoms with E-state index in [1.54, 1.807) is 22.6 Å². The highest BCUT2D eigenvalue weighted by molar-refractivity contribution is 7.18. The number of imide groups is 1. The van der Waals surface area contributed by atoms with Gasteiger partial charge in [-0.05, 0) is 32.3 Å². The fourth-order valence-electron chi connectivity index (χ4n) is 5.21. The van der Waals surface area contributed by atoms with Gasteiger partial charge in [0, 0.05) is 62.9 Å². The third kappa shape index (κ3) is 4.49. The van der Waals surface area contributed by atoms with Crippen molar-refractivity contribution in [1.82, 2.24) is 24.7 Å². The van der Waals surface area contributed by atoms with Crippen molar-refractivity contribution >= 4 is 51.0 Å². The van der Waals surface area contributed by atoms with E-state index in [2.05, 4.69) is 28.7 Å². The van der Waals surface area contributed by atoms with Gasteiger partial charge in [-0.25, -0.2) is 9.97 Å². The van der Waals surface area contributed by atoms with Gasteiger partial charge in [-0.15, -0.1) is 11.3 Å². The summed E-state index contributed by atoms with van der Waals surface area (Å²) in [6.45, 7) is 7.38. The molecule has 5 rings (SSSR count). The highest BCUT2D eigenvalue weighted by Crippen LogP contribution is 2.35. The summed E-state index contributed by atoms with van der Waals surface area (Å²) in [7, 11) is 0. The maximum absolute atomic E-state index is 13.2. The third-order valence-corrected chi connectivity index (χ3v) is 8.60. The Kier molecular flexibility index (Phi) is 6.43. The third-order valence-electron chi connectivity index (χ3n) is 7.48. The number of hydrogen-bond donors (Lipinski definition) is 0. The predicted molar refractivity (Wildman–Crippen MR) is 131 cm³/mol. The standard InChI is InChI=1S/C24H30N6O4S/c1-15-16(2)35-23-21(15)22(25-14-26-23)28-7-5-17(6-8-28)24(34)29-11-9-27(10-12-29)20(33)13-30-18(31)3-4-19(30)32/h14,17H,3-13H2,1-2H3. The molecule has 2 aromatic heterocycles. The molecule has 11 heteroatoms. The summed E-state index contributed by atoms with van der Waals surface area (Å²) < 4.78 is 0. The number of carbonyl (C=O) groups is 4. The van der Waals surface area contributed by atoms with E-state index in [9.17, 15) is 19.2 Å². The van der Waals surface area contributed by atoms with Crippen LogP contribution in [-0.2, 0) is 19.2 Å². The molecular formula is C24H30N6O4S. The van der Waals surface area contributed by atoms with Crippen molar-refractivity contribution in [2.24, 2.45) is 5.92 Å². The molecule has 0 spiro atoms. The van der Waals surface area contributed by atoms with Gasteiger partial charge in [0.05, 0.1) is 5.39 Å². The molecule has 0 bridgehead atoms. The molecule has 3 saturated heterocycles. The second-order valence-corrected chi connectivity index (χ2v) is 10.7. The molecule has 0 atom stereocenters. The van der Waals surface area contributed by atoms with E-state index in [-0.39, 0.29) is 48.9 Å². The number of anilines is 1.